The second-order valence-electron chi connectivity index (χ2n) is 8.52. The van der Waals surface area contributed by atoms with Crippen LogP contribution in [0.15, 0.2) is 100 Å². The molecule has 6 aromatic rings. The van der Waals surface area contributed by atoms with Gasteiger partial charge < -0.3 is 14.3 Å². The lowest BCUT2D eigenvalue weighted by molar-refractivity contribution is 0.303. The Hall–Kier alpha value is -4.30. The van der Waals surface area contributed by atoms with Gasteiger partial charge in [0.1, 0.15) is 17.7 Å². The molecule has 6 rings (SSSR count). The minimum absolute atomic E-state index is 0.101. The summed E-state index contributed by atoms with van der Waals surface area (Å²) in [5, 5.41) is 15.9. The van der Waals surface area contributed by atoms with Gasteiger partial charge in [-0.3, -0.25) is 14.8 Å². The fourth-order valence-electron chi connectivity index (χ4n) is 4.61. The molecule has 0 bridgehead atoms. The van der Waals surface area contributed by atoms with Gasteiger partial charge in [-0.05, 0) is 48.0 Å². The first-order valence-corrected chi connectivity index (χ1v) is 12.1. The summed E-state index contributed by atoms with van der Waals surface area (Å²) in [4.78, 5) is 22.1. The lowest BCUT2D eigenvalue weighted by Crippen LogP contribution is -2.17. The van der Waals surface area contributed by atoms with Crippen molar-refractivity contribution in [1.29, 1.82) is 0 Å². The average molecular weight is 539 g/mol. The zero-order valence-electron chi connectivity index (χ0n) is 18.9. The molecule has 1 N–H and O–H groups in total. The van der Waals surface area contributed by atoms with E-state index in [1.807, 2.05) is 59.1 Å². The van der Waals surface area contributed by atoms with Gasteiger partial charge in [0.05, 0.1) is 16.4 Å². The van der Waals surface area contributed by atoms with Crippen molar-refractivity contribution < 1.29 is 9.94 Å². The number of rotatable bonds is 5. The number of ether oxygens (including phenoxy) is 1. The van der Waals surface area contributed by atoms with Crippen molar-refractivity contribution in [2.75, 3.05) is 0 Å². The number of benzene rings is 2. The Morgan fingerprint density at radius 1 is 0.944 bits per heavy atom. The Balaban J connectivity index is 1.65. The van der Waals surface area contributed by atoms with Crippen LogP contribution in [0.4, 0.5) is 0 Å². The second-order valence-corrected chi connectivity index (χ2v) is 9.43. The molecule has 0 unspecified atom stereocenters. The molecule has 7 nitrogen and oxygen atoms in total. The third-order valence-electron chi connectivity index (χ3n) is 6.22. The van der Waals surface area contributed by atoms with Gasteiger partial charge in [0.15, 0.2) is 5.43 Å². The van der Waals surface area contributed by atoms with Crippen LogP contribution in [0.1, 0.15) is 16.7 Å². The molecule has 36 heavy (non-hydrogen) atoms. The molecule has 0 aliphatic heterocycles. The maximum Gasteiger partial charge on any atom is 0.193 e. The number of nitrogens with zero attached hydrogens (tertiary/aromatic N) is 4. The Kier molecular flexibility index (Phi) is 5.58. The van der Waals surface area contributed by atoms with Crippen molar-refractivity contribution in [3.8, 4) is 5.75 Å². The lowest BCUT2D eigenvalue weighted by atomic mass is 10.0. The summed E-state index contributed by atoms with van der Waals surface area (Å²) < 4.78 is 8.93. The van der Waals surface area contributed by atoms with Crippen LogP contribution < -0.4 is 15.5 Å². The molecule has 176 valence electrons. The molecular formula is C28H19BrN4O3. The number of pyridine rings is 4. The highest BCUT2D eigenvalue weighted by atomic mass is 79.9. The molecular weight excluding hydrogens is 520 g/mol. The standard InChI is InChI=1S/C28H19BrN4O3/c29-20-5-6-25-22(10-20)26(32-35)23-11-21(36-16-18-4-2-8-31-14-18)12-24-27(23)33(25)15-19(28(24)34)9-17-3-1-7-30-13-17/h1-8,10-15,35H,9,16H2. The molecule has 0 saturated heterocycles. The largest absolute Gasteiger partial charge is 0.489 e. The van der Waals surface area contributed by atoms with Crippen molar-refractivity contribution >= 4 is 43.1 Å². The smallest absolute Gasteiger partial charge is 0.193 e. The number of aromatic nitrogens is 3. The van der Waals surface area contributed by atoms with Crippen LogP contribution in [0.25, 0.3) is 27.2 Å². The van der Waals surface area contributed by atoms with Crippen LogP contribution in [0.3, 0.4) is 0 Å². The van der Waals surface area contributed by atoms with Crippen molar-refractivity contribution in [2.24, 2.45) is 5.16 Å². The summed E-state index contributed by atoms with van der Waals surface area (Å²) in [7, 11) is 0. The van der Waals surface area contributed by atoms with Crippen LogP contribution in [0.2, 0.25) is 0 Å². The number of fused-ring (bicyclic) bond motifs is 2. The molecule has 0 radical (unpaired) electrons. The van der Waals surface area contributed by atoms with Gasteiger partial charge in [0.25, 0.3) is 0 Å². The first kappa shape index (κ1) is 22.2. The van der Waals surface area contributed by atoms with Gasteiger partial charge in [-0.2, -0.15) is 0 Å². The van der Waals surface area contributed by atoms with Crippen molar-refractivity contribution in [1.82, 2.24) is 14.4 Å². The second kappa shape index (κ2) is 9.05. The molecule has 0 saturated carbocycles. The molecule has 0 aliphatic rings. The van der Waals surface area contributed by atoms with Gasteiger partial charge in [0, 0.05) is 63.8 Å². The maximum atomic E-state index is 13.8. The highest BCUT2D eigenvalue weighted by Crippen LogP contribution is 2.29. The Morgan fingerprint density at radius 2 is 1.69 bits per heavy atom. The van der Waals surface area contributed by atoms with E-state index in [4.69, 9.17) is 4.74 Å². The molecule has 0 spiro atoms. The zero-order valence-corrected chi connectivity index (χ0v) is 20.5. The zero-order chi connectivity index (χ0) is 24.6. The molecule has 2 aromatic carbocycles. The maximum absolute atomic E-state index is 13.8. The van der Waals surface area contributed by atoms with E-state index in [-0.39, 0.29) is 12.0 Å². The Morgan fingerprint density at radius 3 is 2.42 bits per heavy atom. The van der Waals surface area contributed by atoms with E-state index in [0.717, 1.165) is 26.5 Å². The van der Waals surface area contributed by atoms with E-state index >= 15 is 0 Å². The molecule has 0 atom stereocenters. The van der Waals surface area contributed by atoms with E-state index in [0.29, 0.717) is 39.4 Å². The Bertz CT molecular complexity index is 1860. The minimum Gasteiger partial charge on any atom is -0.489 e. The highest BCUT2D eigenvalue weighted by Gasteiger charge is 2.18. The van der Waals surface area contributed by atoms with Gasteiger partial charge >= 0.3 is 0 Å². The predicted octanol–water partition coefficient (Wildman–Crippen LogP) is 5.06. The van der Waals surface area contributed by atoms with Gasteiger partial charge in [-0.15, -0.1) is 0 Å². The summed E-state index contributed by atoms with van der Waals surface area (Å²) in [6, 6.07) is 16.9. The Labute approximate surface area is 213 Å². The molecule has 0 fully saturated rings. The quantitative estimate of drug-likeness (QED) is 0.143. The average Bonchev–Trinajstić information content (AvgIpc) is 2.91. The summed E-state index contributed by atoms with van der Waals surface area (Å²) in [5.41, 5.74) is 3.86. The first-order valence-electron chi connectivity index (χ1n) is 11.3. The van der Waals surface area contributed by atoms with Crippen LogP contribution >= 0.6 is 15.9 Å². The highest BCUT2D eigenvalue weighted by molar-refractivity contribution is 9.10. The molecule has 4 heterocycles. The van der Waals surface area contributed by atoms with Crippen molar-refractivity contribution in [3.63, 3.8) is 0 Å². The van der Waals surface area contributed by atoms with Crippen LogP contribution in [-0.4, -0.2) is 19.6 Å². The topological polar surface area (TPSA) is 89.1 Å². The summed E-state index contributed by atoms with van der Waals surface area (Å²) >= 11 is 3.53. The molecule has 8 heteroatoms. The van der Waals surface area contributed by atoms with Crippen LogP contribution in [0.5, 0.6) is 5.75 Å². The van der Waals surface area contributed by atoms with Crippen LogP contribution in [0, 0.1) is 0 Å². The lowest BCUT2D eigenvalue weighted by Gasteiger charge is -2.16. The third kappa shape index (κ3) is 3.85. The van der Waals surface area contributed by atoms with Gasteiger partial charge in [0.2, 0.25) is 0 Å². The van der Waals surface area contributed by atoms with E-state index in [2.05, 4.69) is 31.1 Å². The van der Waals surface area contributed by atoms with Gasteiger partial charge in [-0.1, -0.05) is 33.2 Å². The fraction of sp³-hybridized carbons (Fsp3) is 0.0714. The summed E-state index contributed by atoms with van der Waals surface area (Å²) in [6.07, 6.45) is 9.22. The molecule has 0 amide bonds. The minimum atomic E-state index is -0.101. The SMILES string of the molecule is O=c1c(Cc2cccnc2)cn2c3ccc(Br)cc3c(=NO)c3cc(OCc4cccnc4)cc1c32. The normalized spacial score (nSPS) is 12.1. The van der Waals surface area contributed by atoms with E-state index < -0.39 is 0 Å². The van der Waals surface area contributed by atoms with Gasteiger partial charge in [-0.25, -0.2) is 0 Å². The predicted molar refractivity (Wildman–Crippen MR) is 141 cm³/mol. The number of halogens is 1. The van der Waals surface area contributed by atoms with E-state index in [9.17, 15) is 10.0 Å². The van der Waals surface area contributed by atoms with E-state index in [1.54, 1.807) is 30.9 Å². The summed E-state index contributed by atoms with van der Waals surface area (Å²) in [6.45, 7) is 0.288. The van der Waals surface area contributed by atoms with E-state index in [1.165, 1.54) is 0 Å². The van der Waals surface area contributed by atoms with Crippen LogP contribution in [-0.2, 0) is 13.0 Å². The third-order valence-corrected chi connectivity index (χ3v) is 6.71. The number of hydrogen-bond acceptors (Lipinski definition) is 6. The fourth-order valence-corrected chi connectivity index (χ4v) is 4.97. The van der Waals surface area contributed by atoms with Crippen molar-refractivity contribution in [2.45, 2.75) is 13.0 Å². The molecule has 0 aliphatic carbocycles. The number of hydrogen-bond donors (Lipinski definition) is 1. The molecule has 4 aromatic heterocycles. The van der Waals surface area contributed by atoms with Crippen molar-refractivity contribution in [3.05, 3.63) is 122 Å². The summed E-state index contributed by atoms with van der Waals surface area (Å²) in [5.74, 6) is 0.503. The first-order chi connectivity index (χ1) is 17.6. The monoisotopic (exact) mass is 538 g/mol.